The van der Waals surface area contributed by atoms with Crippen molar-refractivity contribution < 1.29 is 0 Å². The first-order valence-electron chi connectivity index (χ1n) is 3.51. The molecule has 2 aromatic heterocycles. The van der Waals surface area contributed by atoms with E-state index in [1.54, 1.807) is 0 Å². The summed E-state index contributed by atoms with van der Waals surface area (Å²) in [5, 5.41) is 0.552. The Morgan fingerprint density at radius 1 is 1.31 bits per heavy atom. The summed E-state index contributed by atoms with van der Waals surface area (Å²) in [6.45, 7) is 1.83. The molecule has 0 fully saturated rings. The first-order valence-corrected chi connectivity index (χ1v) is 5.11. The van der Waals surface area contributed by atoms with Crippen molar-refractivity contribution in [3.05, 3.63) is 30.2 Å². The van der Waals surface area contributed by atoms with Crippen molar-refractivity contribution in [2.24, 2.45) is 0 Å². The van der Waals surface area contributed by atoms with Crippen molar-refractivity contribution in [3.8, 4) is 0 Å². The van der Waals surface area contributed by atoms with Gasteiger partial charge in [0.2, 0.25) is 0 Å². The molecule has 2 rings (SSSR count). The van der Waals surface area contributed by atoms with Crippen molar-refractivity contribution in [1.82, 2.24) is 9.97 Å². The molecule has 0 atom stereocenters. The molecular weight excluding hydrogens is 256 g/mol. The molecule has 0 aliphatic rings. The van der Waals surface area contributed by atoms with Crippen molar-refractivity contribution in [2.75, 3.05) is 0 Å². The second-order valence-corrected chi connectivity index (χ2v) is 4.95. The standard InChI is InChI=1S/C7H5BrN2O2S/c1-2-3-5(11)9-7(12)10-6(3)13-4(2)8/h1H3,(H2,9,10,11,12). The van der Waals surface area contributed by atoms with Gasteiger partial charge in [-0.1, -0.05) is 0 Å². The molecule has 0 aliphatic heterocycles. The molecule has 4 nitrogen and oxygen atoms in total. The molecule has 2 N–H and O–H groups in total. The van der Waals surface area contributed by atoms with Crippen LogP contribution in [0, 0.1) is 6.92 Å². The molecular formula is C7H5BrN2O2S. The summed E-state index contributed by atoms with van der Waals surface area (Å²) in [4.78, 5) is 27.6. The van der Waals surface area contributed by atoms with E-state index in [9.17, 15) is 9.59 Å². The number of aryl methyl sites for hydroxylation is 1. The van der Waals surface area contributed by atoms with Gasteiger partial charge in [0.15, 0.2) is 0 Å². The fraction of sp³-hybridized carbons (Fsp3) is 0.143. The van der Waals surface area contributed by atoms with Gasteiger partial charge in [0, 0.05) is 0 Å². The minimum atomic E-state index is -0.466. The summed E-state index contributed by atoms with van der Waals surface area (Å²) in [5.74, 6) is 0. The lowest BCUT2D eigenvalue weighted by molar-refractivity contribution is 1.09. The van der Waals surface area contributed by atoms with Gasteiger partial charge < -0.3 is 0 Å². The molecule has 0 saturated carbocycles. The van der Waals surface area contributed by atoms with E-state index in [2.05, 4.69) is 25.9 Å². The second-order valence-electron chi connectivity index (χ2n) is 2.61. The Morgan fingerprint density at radius 3 is 2.69 bits per heavy atom. The van der Waals surface area contributed by atoms with Crippen molar-refractivity contribution >= 4 is 37.5 Å². The zero-order valence-corrected chi connectivity index (χ0v) is 9.01. The number of halogens is 1. The fourth-order valence-electron chi connectivity index (χ4n) is 1.15. The summed E-state index contributed by atoms with van der Waals surface area (Å²) in [6.07, 6.45) is 0. The number of thiophene rings is 1. The van der Waals surface area contributed by atoms with Gasteiger partial charge in [0.1, 0.15) is 4.83 Å². The molecule has 68 valence electrons. The Bertz CT molecular complexity index is 580. The summed E-state index contributed by atoms with van der Waals surface area (Å²) in [7, 11) is 0. The van der Waals surface area contributed by atoms with Gasteiger partial charge in [0.05, 0.1) is 9.17 Å². The molecule has 0 amide bonds. The minimum absolute atomic E-state index is 0.335. The van der Waals surface area contributed by atoms with Crippen LogP contribution in [0.5, 0.6) is 0 Å². The van der Waals surface area contributed by atoms with Crippen molar-refractivity contribution in [3.63, 3.8) is 0 Å². The average Bonchev–Trinajstić information content (AvgIpc) is 2.27. The van der Waals surface area contributed by atoms with E-state index in [0.717, 1.165) is 9.35 Å². The minimum Gasteiger partial charge on any atom is -0.298 e. The number of hydrogen-bond donors (Lipinski definition) is 2. The number of aromatic amines is 2. The Kier molecular flexibility index (Phi) is 1.88. The Morgan fingerprint density at radius 2 is 2.00 bits per heavy atom. The highest BCUT2D eigenvalue weighted by atomic mass is 79.9. The smallest absolute Gasteiger partial charge is 0.298 e. The van der Waals surface area contributed by atoms with Crippen LogP contribution in [0.4, 0.5) is 0 Å². The van der Waals surface area contributed by atoms with Gasteiger partial charge in [0.25, 0.3) is 5.56 Å². The third kappa shape index (κ3) is 1.26. The summed E-state index contributed by atoms with van der Waals surface area (Å²) in [6, 6.07) is 0. The molecule has 0 spiro atoms. The van der Waals surface area contributed by atoms with Crippen molar-refractivity contribution in [1.29, 1.82) is 0 Å². The highest BCUT2D eigenvalue weighted by Crippen LogP contribution is 2.30. The summed E-state index contributed by atoms with van der Waals surface area (Å²) < 4.78 is 0.870. The molecule has 6 heteroatoms. The predicted molar refractivity (Wildman–Crippen MR) is 55.5 cm³/mol. The third-order valence-electron chi connectivity index (χ3n) is 1.77. The summed E-state index contributed by atoms with van der Waals surface area (Å²) >= 11 is 4.66. The predicted octanol–water partition coefficient (Wildman–Crippen LogP) is 1.35. The highest BCUT2D eigenvalue weighted by Gasteiger charge is 2.10. The normalized spacial score (nSPS) is 10.9. The van der Waals surface area contributed by atoms with Crippen LogP contribution in [0.3, 0.4) is 0 Å². The third-order valence-corrected chi connectivity index (χ3v) is 3.85. The van der Waals surface area contributed by atoms with E-state index >= 15 is 0 Å². The monoisotopic (exact) mass is 260 g/mol. The Balaban J connectivity index is 3.12. The molecule has 13 heavy (non-hydrogen) atoms. The van der Waals surface area contributed by atoms with Crippen LogP contribution in [0.2, 0.25) is 0 Å². The largest absolute Gasteiger partial charge is 0.326 e. The summed E-state index contributed by atoms with van der Waals surface area (Å²) in [5.41, 5.74) is 0.0574. The van der Waals surface area contributed by atoms with Crippen LogP contribution in [0.1, 0.15) is 5.56 Å². The van der Waals surface area contributed by atoms with Gasteiger partial charge in [-0.3, -0.25) is 14.8 Å². The number of nitrogens with one attached hydrogen (secondary N) is 2. The van der Waals surface area contributed by atoms with Gasteiger partial charge in [-0.2, -0.15) is 0 Å². The van der Waals surface area contributed by atoms with Crippen LogP contribution < -0.4 is 11.2 Å². The topological polar surface area (TPSA) is 65.7 Å². The van der Waals surface area contributed by atoms with Crippen LogP contribution in [0.25, 0.3) is 10.2 Å². The fourth-order valence-corrected chi connectivity index (χ4v) is 2.76. The zero-order valence-electron chi connectivity index (χ0n) is 6.60. The lowest BCUT2D eigenvalue weighted by Gasteiger charge is -1.88. The lowest BCUT2D eigenvalue weighted by atomic mass is 10.3. The second kappa shape index (κ2) is 2.81. The van der Waals surface area contributed by atoms with E-state index in [1.807, 2.05) is 6.92 Å². The van der Waals surface area contributed by atoms with Gasteiger partial charge in [-0.15, -0.1) is 11.3 Å². The number of fused-ring (bicyclic) bond motifs is 1. The van der Waals surface area contributed by atoms with E-state index in [-0.39, 0.29) is 5.56 Å². The molecule has 0 saturated heterocycles. The van der Waals surface area contributed by atoms with Crippen LogP contribution >= 0.6 is 27.3 Å². The van der Waals surface area contributed by atoms with Crippen LogP contribution in [-0.2, 0) is 0 Å². The molecule has 0 radical (unpaired) electrons. The van der Waals surface area contributed by atoms with Gasteiger partial charge in [-0.05, 0) is 28.4 Å². The molecule has 0 bridgehead atoms. The van der Waals surface area contributed by atoms with E-state index in [4.69, 9.17) is 0 Å². The van der Waals surface area contributed by atoms with Crippen molar-refractivity contribution in [2.45, 2.75) is 6.92 Å². The first kappa shape index (κ1) is 8.71. The van der Waals surface area contributed by atoms with Gasteiger partial charge in [-0.25, -0.2) is 4.79 Å². The Hall–Kier alpha value is -0.880. The molecule has 2 aromatic rings. The number of aromatic nitrogens is 2. The SMILES string of the molecule is Cc1c(Br)sc2[nH]c(=O)[nH]c(=O)c12. The first-order chi connectivity index (χ1) is 6.09. The zero-order chi connectivity index (χ0) is 9.59. The van der Waals surface area contributed by atoms with Gasteiger partial charge >= 0.3 is 5.69 Å². The quantitative estimate of drug-likeness (QED) is 0.751. The van der Waals surface area contributed by atoms with E-state index < -0.39 is 5.69 Å². The molecule has 0 aromatic carbocycles. The number of rotatable bonds is 0. The van der Waals surface area contributed by atoms with Crippen LogP contribution in [-0.4, -0.2) is 9.97 Å². The molecule has 2 heterocycles. The highest BCUT2D eigenvalue weighted by molar-refractivity contribution is 9.11. The van der Waals surface area contributed by atoms with E-state index in [1.165, 1.54) is 11.3 Å². The average molecular weight is 261 g/mol. The Labute approximate surface area is 84.7 Å². The maximum absolute atomic E-state index is 11.3. The van der Waals surface area contributed by atoms with Crippen LogP contribution in [0.15, 0.2) is 13.4 Å². The number of H-pyrrole nitrogens is 2. The maximum atomic E-state index is 11.3. The van der Waals surface area contributed by atoms with E-state index in [0.29, 0.717) is 10.2 Å². The number of hydrogen-bond acceptors (Lipinski definition) is 3. The molecule has 0 aliphatic carbocycles. The molecule has 0 unspecified atom stereocenters. The lowest BCUT2D eigenvalue weighted by Crippen LogP contribution is -2.21. The maximum Gasteiger partial charge on any atom is 0.326 e.